The van der Waals surface area contributed by atoms with E-state index in [1.807, 2.05) is 0 Å². The molecule has 11 nitrogen and oxygen atoms in total. The summed E-state index contributed by atoms with van der Waals surface area (Å²) in [5.41, 5.74) is 2.38. The number of carbonyl (C=O) groups is 3. The standard InChI is InChI=1S/C25H19FN6O5/c1-13(33)16-4-2-14(8-17(16)26)11-28-24(35)20-10-19(30-22-6-7-29-32(20)22)23(34)27-12-15-3-5-21-18(9-15)31-25(36)37-21/h2-10H,11-12H2,1H3,(H,27,34)(H,28,35)(H,31,36). The number of aromatic amines is 1. The number of fused-ring (bicyclic) bond motifs is 2. The summed E-state index contributed by atoms with van der Waals surface area (Å²) in [5.74, 6) is -2.72. The molecule has 0 saturated heterocycles. The van der Waals surface area contributed by atoms with Gasteiger partial charge in [0.1, 0.15) is 17.2 Å². The molecule has 0 bridgehead atoms. The molecule has 0 saturated carbocycles. The number of carbonyl (C=O) groups excluding carboxylic acids is 3. The number of nitrogens with zero attached hydrogens (tertiary/aromatic N) is 3. The minimum absolute atomic E-state index is 0.00667. The van der Waals surface area contributed by atoms with Gasteiger partial charge >= 0.3 is 5.76 Å². The first-order valence-corrected chi connectivity index (χ1v) is 11.1. The molecule has 0 aliphatic carbocycles. The van der Waals surface area contributed by atoms with Crippen LogP contribution < -0.4 is 16.4 Å². The molecule has 186 valence electrons. The third-order valence-electron chi connectivity index (χ3n) is 5.63. The highest BCUT2D eigenvalue weighted by molar-refractivity contribution is 5.98. The molecule has 0 aliphatic heterocycles. The van der Waals surface area contributed by atoms with Crippen molar-refractivity contribution in [2.45, 2.75) is 20.0 Å². The van der Waals surface area contributed by atoms with E-state index in [1.54, 1.807) is 30.3 Å². The molecule has 3 N–H and O–H groups in total. The van der Waals surface area contributed by atoms with Gasteiger partial charge in [-0.15, -0.1) is 0 Å². The Bertz CT molecular complexity index is 1750. The third-order valence-corrected chi connectivity index (χ3v) is 5.63. The van der Waals surface area contributed by atoms with E-state index in [0.717, 1.165) is 0 Å². The summed E-state index contributed by atoms with van der Waals surface area (Å²) in [5, 5.41) is 9.49. The predicted molar refractivity (Wildman–Crippen MR) is 129 cm³/mol. The van der Waals surface area contributed by atoms with Crippen LogP contribution in [0.2, 0.25) is 0 Å². The minimum atomic E-state index is -0.671. The smallest absolute Gasteiger partial charge is 0.408 e. The number of amides is 2. The number of aromatic nitrogens is 4. The molecule has 5 aromatic rings. The van der Waals surface area contributed by atoms with Crippen LogP contribution in [0.25, 0.3) is 16.7 Å². The first-order chi connectivity index (χ1) is 17.8. The fraction of sp³-hybridized carbons (Fsp3) is 0.120. The molecule has 12 heteroatoms. The number of halogens is 1. The Morgan fingerprint density at radius 1 is 1.00 bits per heavy atom. The van der Waals surface area contributed by atoms with Crippen molar-refractivity contribution in [3.63, 3.8) is 0 Å². The average molecular weight is 502 g/mol. The Morgan fingerprint density at radius 2 is 1.73 bits per heavy atom. The number of ketones is 1. The molecule has 37 heavy (non-hydrogen) atoms. The number of Topliss-reactive ketones (excluding diaryl/α,β-unsaturated/α-hetero) is 1. The largest absolute Gasteiger partial charge is 0.417 e. The highest BCUT2D eigenvalue weighted by atomic mass is 19.1. The van der Waals surface area contributed by atoms with Crippen molar-refractivity contribution in [3.05, 3.63) is 99.2 Å². The zero-order chi connectivity index (χ0) is 26.1. The molecule has 3 aromatic heterocycles. The molecule has 2 amide bonds. The highest BCUT2D eigenvalue weighted by Gasteiger charge is 2.18. The fourth-order valence-corrected chi connectivity index (χ4v) is 3.80. The molecule has 0 unspecified atom stereocenters. The van der Waals surface area contributed by atoms with Gasteiger partial charge in [0.25, 0.3) is 11.8 Å². The summed E-state index contributed by atoms with van der Waals surface area (Å²) in [4.78, 5) is 55.4. The van der Waals surface area contributed by atoms with Gasteiger partial charge in [-0.25, -0.2) is 18.7 Å². The van der Waals surface area contributed by atoms with E-state index in [2.05, 4.69) is 25.7 Å². The summed E-state index contributed by atoms with van der Waals surface area (Å²) in [6.07, 6.45) is 1.44. The van der Waals surface area contributed by atoms with Gasteiger partial charge in [0.15, 0.2) is 17.0 Å². The second-order valence-electron chi connectivity index (χ2n) is 8.21. The number of oxazole rings is 1. The van der Waals surface area contributed by atoms with E-state index >= 15 is 0 Å². The molecular formula is C25H19FN6O5. The SMILES string of the molecule is CC(=O)c1ccc(CNC(=O)c2cc(C(=O)NCc3ccc4oc(=O)[nH]c4c3)nc3ccnn23)cc1F. The first-order valence-electron chi connectivity index (χ1n) is 11.1. The van der Waals surface area contributed by atoms with E-state index in [-0.39, 0.29) is 35.7 Å². The van der Waals surface area contributed by atoms with Gasteiger partial charge in [-0.05, 0) is 42.3 Å². The van der Waals surface area contributed by atoms with Crippen LogP contribution in [-0.4, -0.2) is 37.2 Å². The monoisotopic (exact) mass is 502 g/mol. The Hall–Kier alpha value is -5.13. The molecule has 2 aromatic carbocycles. The van der Waals surface area contributed by atoms with E-state index in [9.17, 15) is 23.6 Å². The topological polar surface area (TPSA) is 151 Å². The van der Waals surface area contributed by atoms with E-state index in [4.69, 9.17) is 4.42 Å². The van der Waals surface area contributed by atoms with Crippen molar-refractivity contribution in [2.75, 3.05) is 0 Å². The second kappa shape index (κ2) is 9.49. The Morgan fingerprint density at radius 3 is 2.49 bits per heavy atom. The third kappa shape index (κ3) is 4.85. The van der Waals surface area contributed by atoms with Crippen LogP contribution in [0, 0.1) is 5.82 Å². The van der Waals surface area contributed by atoms with Crippen LogP contribution in [0.4, 0.5) is 4.39 Å². The number of hydrogen-bond donors (Lipinski definition) is 3. The van der Waals surface area contributed by atoms with Crippen molar-refractivity contribution in [1.29, 1.82) is 0 Å². The van der Waals surface area contributed by atoms with Gasteiger partial charge < -0.3 is 15.1 Å². The van der Waals surface area contributed by atoms with Gasteiger partial charge in [-0.2, -0.15) is 5.10 Å². The quantitative estimate of drug-likeness (QED) is 0.289. The number of benzene rings is 2. The van der Waals surface area contributed by atoms with Gasteiger partial charge in [0.2, 0.25) is 0 Å². The van der Waals surface area contributed by atoms with Crippen LogP contribution >= 0.6 is 0 Å². The maximum absolute atomic E-state index is 14.1. The number of hydrogen-bond acceptors (Lipinski definition) is 7. The zero-order valence-corrected chi connectivity index (χ0v) is 19.4. The summed E-state index contributed by atoms with van der Waals surface area (Å²) in [6, 6.07) is 12.0. The first kappa shape index (κ1) is 23.6. The molecule has 0 aliphatic rings. The highest BCUT2D eigenvalue weighted by Crippen LogP contribution is 2.14. The number of H-pyrrole nitrogens is 1. The summed E-state index contributed by atoms with van der Waals surface area (Å²) in [6.45, 7) is 1.39. The number of nitrogens with one attached hydrogen (secondary N) is 3. The van der Waals surface area contributed by atoms with Crippen molar-refractivity contribution in [3.8, 4) is 0 Å². The molecule has 0 fully saturated rings. The second-order valence-corrected chi connectivity index (χ2v) is 8.21. The Labute approximate surface area is 207 Å². The molecule has 0 atom stereocenters. The lowest BCUT2D eigenvalue weighted by Crippen LogP contribution is -2.28. The molecule has 5 rings (SSSR count). The lowest BCUT2D eigenvalue weighted by molar-refractivity contribution is 0.0940. The lowest BCUT2D eigenvalue weighted by atomic mass is 10.1. The summed E-state index contributed by atoms with van der Waals surface area (Å²) in [7, 11) is 0. The zero-order valence-electron chi connectivity index (χ0n) is 19.4. The lowest BCUT2D eigenvalue weighted by Gasteiger charge is -2.10. The van der Waals surface area contributed by atoms with Crippen molar-refractivity contribution in [1.82, 2.24) is 30.2 Å². The number of rotatable bonds is 7. The van der Waals surface area contributed by atoms with E-state index < -0.39 is 29.2 Å². The van der Waals surface area contributed by atoms with Crippen molar-refractivity contribution >= 4 is 34.3 Å². The van der Waals surface area contributed by atoms with E-state index in [1.165, 1.54) is 35.8 Å². The fourth-order valence-electron chi connectivity index (χ4n) is 3.80. The van der Waals surface area contributed by atoms with Gasteiger partial charge in [0, 0.05) is 25.2 Å². The maximum Gasteiger partial charge on any atom is 0.417 e. The van der Waals surface area contributed by atoms with Gasteiger partial charge in [-0.3, -0.25) is 19.4 Å². The van der Waals surface area contributed by atoms with Crippen LogP contribution in [0.15, 0.2) is 63.9 Å². The summed E-state index contributed by atoms with van der Waals surface area (Å²) >= 11 is 0. The summed E-state index contributed by atoms with van der Waals surface area (Å²) < 4.78 is 20.4. The van der Waals surface area contributed by atoms with Crippen LogP contribution in [0.3, 0.4) is 0 Å². The normalized spacial score (nSPS) is 11.1. The van der Waals surface area contributed by atoms with Gasteiger partial charge in [-0.1, -0.05) is 12.1 Å². The van der Waals surface area contributed by atoms with Crippen molar-refractivity contribution < 1.29 is 23.2 Å². The van der Waals surface area contributed by atoms with E-state index in [0.29, 0.717) is 22.2 Å². The van der Waals surface area contributed by atoms with Crippen LogP contribution in [-0.2, 0) is 13.1 Å². The molecular weight excluding hydrogens is 483 g/mol. The van der Waals surface area contributed by atoms with Crippen LogP contribution in [0.1, 0.15) is 49.4 Å². The molecule has 0 radical (unpaired) electrons. The molecule has 3 heterocycles. The predicted octanol–water partition coefficient (Wildman–Crippen LogP) is 2.37. The Kier molecular flexibility index (Phi) is 6.05. The Balaban J connectivity index is 1.32. The van der Waals surface area contributed by atoms with Gasteiger partial charge in [0.05, 0.1) is 17.3 Å². The molecule has 0 spiro atoms. The van der Waals surface area contributed by atoms with Crippen LogP contribution in [0.5, 0.6) is 0 Å². The van der Waals surface area contributed by atoms with Crippen molar-refractivity contribution in [2.24, 2.45) is 0 Å². The minimum Gasteiger partial charge on any atom is -0.408 e. The average Bonchev–Trinajstić information content (AvgIpc) is 3.50. The maximum atomic E-state index is 14.1.